The van der Waals surface area contributed by atoms with E-state index in [2.05, 4.69) is 15.2 Å². The van der Waals surface area contributed by atoms with Gasteiger partial charge in [-0.1, -0.05) is 18.2 Å². The largest absolute Gasteiger partial charge is 0.497 e. The van der Waals surface area contributed by atoms with E-state index in [0.717, 1.165) is 31.6 Å². The summed E-state index contributed by atoms with van der Waals surface area (Å²) in [6.45, 7) is 2.58. The molecule has 2 heterocycles. The normalized spacial score (nSPS) is 14.6. The summed E-state index contributed by atoms with van der Waals surface area (Å²) in [5, 5.41) is 2.88. The molecule has 1 amide bonds. The maximum absolute atomic E-state index is 14.2. The average molecular weight is 450 g/mol. The number of likely N-dealkylation sites (tertiary alicyclic amines) is 1. The first-order valence-electron chi connectivity index (χ1n) is 11.1. The van der Waals surface area contributed by atoms with Gasteiger partial charge in [-0.25, -0.2) is 4.39 Å². The number of halogens is 1. The van der Waals surface area contributed by atoms with Gasteiger partial charge in [-0.05, 0) is 49.2 Å². The third-order valence-corrected chi connectivity index (χ3v) is 5.74. The van der Waals surface area contributed by atoms with Gasteiger partial charge in [-0.2, -0.15) is 0 Å². The lowest BCUT2D eigenvalue weighted by Crippen LogP contribution is -2.38. The Balaban J connectivity index is 1.27. The van der Waals surface area contributed by atoms with Crippen molar-refractivity contribution in [2.45, 2.75) is 32.0 Å². The van der Waals surface area contributed by atoms with Gasteiger partial charge in [0.25, 0.3) is 5.91 Å². The number of piperidine rings is 1. The fourth-order valence-corrected chi connectivity index (χ4v) is 3.89. The first-order valence-corrected chi connectivity index (χ1v) is 11.1. The lowest BCUT2D eigenvalue weighted by molar-refractivity contribution is 0.0932. The number of methoxy groups -OCH3 is 1. The average Bonchev–Trinajstić information content (AvgIpc) is 2.85. The van der Waals surface area contributed by atoms with Crippen molar-refractivity contribution >= 4 is 5.91 Å². The molecule has 0 bridgehead atoms. The molecule has 0 atom stereocenters. The number of ether oxygens (including phenoxy) is 2. The highest BCUT2D eigenvalue weighted by Gasteiger charge is 2.22. The SMILES string of the molecule is COc1ccc(CN2CCC(Oc3cccc(C(=O)NCc4ccccn4)c3)CC2)c(F)c1. The Hall–Kier alpha value is -3.45. The minimum absolute atomic E-state index is 0.0637. The smallest absolute Gasteiger partial charge is 0.251 e. The number of nitrogens with one attached hydrogen (secondary N) is 1. The van der Waals surface area contributed by atoms with Crippen LogP contribution in [0.3, 0.4) is 0 Å². The van der Waals surface area contributed by atoms with Gasteiger partial charge in [0.1, 0.15) is 23.4 Å². The quantitative estimate of drug-likeness (QED) is 0.558. The van der Waals surface area contributed by atoms with Gasteiger partial charge in [0.05, 0.1) is 19.3 Å². The lowest BCUT2D eigenvalue weighted by atomic mass is 10.1. The number of rotatable bonds is 8. The van der Waals surface area contributed by atoms with Gasteiger partial charge >= 0.3 is 0 Å². The fraction of sp³-hybridized carbons (Fsp3) is 0.308. The summed E-state index contributed by atoms with van der Waals surface area (Å²) in [6, 6.07) is 17.8. The van der Waals surface area contributed by atoms with Crippen molar-refractivity contribution in [3.63, 3.8) is 0 Å². The molecular formula is C26H28FN3O3. The molecule has 1 aromatic heterocycles. The summed E-state index contributed by atoms with van der Waals surface area (Å²) in [5.41, 5.74) is 2.02. The van der Waals surface area contributed by atoms with Crippen LogP contribution in [0, 0.1) is 5.82 Å². The number of nitrogens with zero attached hydrogens (tertiary/aromatic N) is 2. The van der Waals surface area contributed by atoms with Crippen LogP contribution in [0.1, 0.15) is 34.5 Å². The van der Waals surface area contributed by atoms with Crippen molar-refractivity contribution < 1.29 is 18.7 Å². The van der Waals surface area contributed by atoms with E-state index in [1.54, 1.807) is 30.5 Å². The molecule has 0 aliphatic carbocycles. The van der Waals surface area contributed by atoms with Crippen LogP contribution in [0.15, 0.2) is 66.9 Å². The zero-order valence-electron chi connectivity index (χ0n) is 18.7. The van der Waals surface area contributed by atoms with E-state index in [0.29, 0.717) is 35.7 Å². The van der Waals surface area contributed by atoms with Gasteiger partial charge in [0.2, 0.25) is 0 Å². The standard InChI is InChI=1S/C26H28FN3O3/c1-32-23-9-8-20(25(27)16-23)18-30-13-10-22(11-14-30)33-24-7-4-5-19(15-24)26(31)29-17-21-6-2-3-12-28-21/h2-9,12,15-16,22H,10-11,13-14,17-18H2,1H3,(H,29,31). The molecule has 0 radical (unpaired) electrons. The number of hydrogen-bond acceptors (Lipinski definition) is 5. The second-order valence-corrected chi connectivity index (χ2v) is 8.08. The minimum Gasteiger partial charge on any atom is -0.497 e. The van der Waals surface area contributed by atoms with E-state index < -0.39 is 0 Å². The zero-order chi connectivity index (χ0) is 23.0. The predicted octanol–water partition coefficient (Wildman–Crippen LogP) is 4.20. The van der Waals surface area contributed by atoms with Gasteiger partial charge in [-0.15, -0.1) is 0 Å². The highest BCUT2D eigenvalue weighted by atomic mass is 19.1. The molecular weight excluding hydrogens is 421 g/mol. The van der Waals surface area contributed by atoms with Crippen LogP contribution in [0.4, 0.5) is 4.39 Å². The number of carbonyl (C=O) groups excluding carboxylic acids is 1. The molecule has 33 heavy (non-hydrogen) atoms. The van der Waals surface area contributed by atoms with Crippen molar-refractivity contribution in [3.05, 3.63) is 89.5 Å². The highest BCUT2D eigenvalue weighted by Crippen LogP contribution is 2.23. The van der Waals surface area contributed by atoms with Gasteiger partial charge in [-0.3, -0.25) is 14.7 Å². The molecule has 0 unspecified atom stereocenters. The molecule has 0 saturated carbocycles. The highest BCUT2D eigenvalue weighted by molar-refractivity contribution is 5.94. The minimum atomic E-state index is -0.245. The molecule has 0 spiro atoms. The summed E-state index contributed by atoms with van der Waals surface area (Å²) in [6.07, 6.45) is 3.45. The van der Waals surface area contributed by atoms with Crippen LogP contribution in [-0.2, 0) is 13.1 Å². The summed E-state index contributed by atoms with van der Waals surface area (Å²) < 4.78 is 25.5. The molecule has 1 saturated heterocycles. The van der Waals surface area contributed by atoms with Crippen LogP contribution in [0.25, 0.3) is 0 Å². The second kappa shape index (κ2) is 10.9. The number of carbonyl (C=O) groups is 1. The monoisotopic (exact) mass is 449 g/mol. The molecule has 172 valence electrons. The molecule has 7 heteroatoms. The summed E-state index contributed by atoms with van der Waals surface area (Å²) in [5.74, 6) is 0.796. The number of amides is 1. The first-order chi connectivity index (χ1) is 16.1. The Morgan fingerprint density at radius 1 is 1.09 bits per heavy atom. The van der Waals surface area contributed by atoms with Crippen molar-refractivity contribution in [2.75, 3.05) is 20.2 Å². The number of pyridine rings is 1. The topological polar surface area (TPSA) is 63.7 Å². The van der Waals surface area contributed by atoms with Crippen molar-refractivity contribution in [2.24, 2.45) is 0 Å². The van der Waals surface area contributed by atoms with E-state index in [1.165, 1.54) is 13.2 Å². The third-order valence-electron chi connectivity index (χ3n) is 5.74. The van der Waals surface area contributed by atoms with Crippen molar-refractivity contribution in [1.29, 1.82) is 0 Å². The Bertz CT molecular complexity index is 1070. The molecule has 1 aliphatic rings. The van der Waals surface area contributed by atoms with Crippen LogP contribution in [0.5, 0.6) is 11.5 Å². The summed E-state index contributed by atoms with van der Waals surface area (Å²) in [7, 11) is 1.53. The van der Waals surface area contributed by atoms with E-state index in [1.807, 2.05) is 30.3 Å². The first kappa shape index (κ1) is 22.7. The van der Waals surface area contributed by atoms with E-state index >= 15 is 0 Å². The number of aromatic nitrogens is 1. The van der Waals surface area contributed by atoms with Crippen LogP contribution in [-0.4, -0.2) is 42.1 Å². The predicted molar refractivity (Wildman–Crippen MR) is 124 cm³/mol. The molecule has 1 N–H and O–H groups in total. The molecule has 2 aromatic carbocycles. The van der Waals surface area contributed by atoms with E-state index in [-0.39, 0.29) is 17.8 Å². The Morgan fingerprint density at radius 3 is 2.67 bits per heavy atom. The Labute approximate surface area is 193 Å². The summed E-state index contributed by atoms with van der Waals surface area (Å²) in [4.78, 5) is 19.0. The zero-order valence-corrected chi connectivity index (χ0v) is 18.7. The van der Waals surface area contributed by atoms with Crippen LogP contribution < -0.4 is 14.8 Å². The van der Waals surface area contributed by atoms with E-state index in [9.17, 15) is 9.18 Å². The number of hydrogen-bond donors (Lipinski definition) is 1. The molecule has 6 nitrogen and oxygen atoms in total. The van der Waals surface area contributed by atoms with Crippen molar-refractivity contribution in [1.82, 2.24) is 15.2 Å². The number of benzene rings is 2. The van der Waals surface area contributed by atoms with Gasteiger partial charge < -0.3 is 14.8 Å². The maximum Gasteiger partial charge on any atom is 0.251 e. The maximum atomic E-state index is 14.2. The van der Waals surface area contributed by atoms with Crippen LogP contribution >= 0.6 is 0 Å². The fourth-order valence-electron chi connectivity index (χ4n) is 3.89. The van der Waals surface area contributed by atoms with Gasteiger partial charge in [0, 0.05) is 43.0 Å². The molecule has 1 fully saturated rings. The lowest BCUT2D eigenvalue weighted by Gasteiger charge is -2.32. The summed E-state index contributed by atoms with van der Waals surface area (Å²) >= 11 is 0. The Morgan fingerprint density at radius 2 is 1.94 bits per heavy atom. The van der Waals surface area contributed by atoms with Gasteiger partial charge in [0.15, 0.2) is 0 Å². The molecule has 3 aromatic rings. The second-order valence-electron chi connectivity index (χ2n) is 8.08. The Kier molecular flexibility index (Phi) is 7.52. The molecule has 1 aliphatic heterocycles. The molecule has 4 rings (SSSR count). The third kappa shape index (κ3) is 6.29. The van der Waals surface area contributed by atoms with Crippen molar-refractivity contribution in [3.8, 4) is 11.5 Å². The van der Waals surface area contributed by atoms with E-state index in [4.69, 9.17) is 9.47 Å². The van der Waals surface area contributed by atoms with Crippen LogP contribution in [0.2, 0.25) is 0 Å².